The number of aliphatic hydroxyl groups excluding tert-OH is 1. The highest BCUT2D eigenvalue weighted by atomic mass is 31.2. The molecular formula is C41H88N3O38P6-5. The van der Waals surface area contributed by atoms with Crippen LogP contribution in [0.3, 0.4) is 0 Å². The zero-order valence-electron chi connectivity index (χ0n) is 49.3. The molecule has 88 heavy (non-hydrogen) atoms. The Morgan fingerprint density at radius 1 is 0.284 bits per heavy atom. The molecule has 530 valence electrons. The highest BCUT2D eigenvalue weighted by Crippen LogP contribution is 2.45. The number of phosphoric acid groups is 6. The Kier molecular flexibility index (Phi) is 56.2. The van der Waals surface area contributed by atoms with E-state index in [-0.39, 0.29) is 185 Å². The number of nitrogens with one attached hydrogen (secondary N) is 3. The Morgan fingerprint density at radius 2 is 0.489 bits per heavy atom. The second-order valence-electron chi connectivity index (χ2n) is 16.4. The highest BCUT2D eigenvalue weighted by Gasteiger charge is 2.26. The largest absolute Gasteiger partial charge is 0.756 e. The van der Waals surface area contributed by atoms with Crippen LogP contribution in [0.2, 0.25) is 0 Å². The molecule has 41 nitrogen and oxygen atoms in total. The average molecular weight is 1420 g/mol. The van der Waals surface area contributed by atoms with E-state index in [1.807, 2.05) is 0 Å². The van der Waals surface area contributed by atoms with Gasteiger partial charge in [-0.1, -0.05) is 0 Å². The molecule has 6 N–H and O–H groups in total. The van der Waals surface area contributed by atoms with Crippen molar-refractivity contribution < 1.29 is 178 Å². The molecule has 0 saturated carbocycles. The van der Waals surface area contributed by atoms with Gasteiger partial charge in [0.25, 0.3) is 39.1 Å². The summed E-state index contributed by atoms with van der Waals surface area (Å²) in [6, 6.07) is 0. The Labute approximate surface area is 510 Å². The van der Waals surface area contributed by atoms with E-state index < -0.39 is 111 Å². The van der Waals surface area contributed by atoms with E-state index in [9.17, 15) is 57.0 Å². The van der Waals surface area contributed by atoms with Gasteiger partial charge in [0.05, 0.1) is 232 Å². The average Bonchev–Trinajstić information content (AvgIpc) is 3.68. The Bertz CT molecular complexity index is 1930. The van der Waals surface area contributed by atoms with Crippen LogP contribution < -0.4 is 40.4 Å². The molecule has 0 aliphatic carbocycles. The minimum absolute atomic E-state index is 0.0161. The van der Waals surface area contributed by atoms with E-state index in [0.29, 0.717) is 0 Å². The van der Waals surface area contributed by atoms with E-state index in [1.54, 1.807) is 14.1 Å². The fraction of sp³-hybridized carbons (Fsp3) is 1.00. The lowest BCUT2D eigenvalue weighted by atomic mass is 10.4. The third-order valence-corrected chi connectivity index (χ3v) is 14.6. The molecule has 0 bridgehead atoms. The molecule has 0 amide bonds. The van der Waals surface area contributed by atoms with E-state index in [2.05, 4.69) is 47.6 Å². The molecule has 0 aromatic heterocycles. The van der Waals surface area contributed by atoms with Crippen molar-refractivity contribution in [3.63, 3.8) is 0 Å². The third-order valence-electron chi connectivity index (χ3n) is 9.00. The summed E-state index contributed by atoms with van der Waals surface area (Å²) >= 11 is 0. The zero-order valence-corrected chi connectivity index (χ0v) is 54.7. The lowest BCUT2D eigenvalue weighted by molar-refractivity contribution is -0.242. The van der Waals surface area contributed by atoms with Crippen LogP contribution in [0, 0.1) is 0 Å². The Morgan fingerprint density at radius 3 is 0.739 bits per heavy atom. The van der Waals surface area contributed by atoms with Crippen LogP contribution in [-0.2, 0) is 139 Å². The van der Waals surface area contributed by atoms with Crippen LogP contribution >= 0.6 is 46.9 Å². The van der Waals surface area contributed by atoms with E-state index in [1.165, 1.54) is 7.05 Å². The molecule has 0 aliphatic heterocycles. The summed E-state index contributed by atoms with van der Waals surface area (Å²) in [5.41, 5.74) is 0. The van der Waals surface area contributed by atoms with Gasteiger partial charge in [-0.15, -0.1) is 0 Å². The number of phosphoric ester groups is 6. The van der Waals surface area contributed by atoms with Gasteiger partial charge in [-0.05, 0) is 21.1 Å². The third kappa shape index (κ3) is 60.9. The van der Waals surface area contributed by atoms with Crippen molar-refractivity contribution in [2.75, 3.05) is 253 Å². The first-order valence-electron chi connectivity index (χ1n) is 26.8. The van der Waals surface area contributed by atoms with Gasteiger partial charge < -0.3 is 146 Å². The maximum absolute atomic E-state index is 12.4. The molecule has 8 unspecified atom stereocenters. The van der Waals surface area contributed by atoms with Gasteiger partial charge in [-0.2, -0.15) is 0 Å². The van der Waals surface area contributed by atoms with Crippen molar-refractivity contribution in [1.29, 1.82) is 0 Å². The number of hydrogen-bond donors (Lipinski definition) is 6. The van der Waals surface area contributed by atoms with Crippen molar-refractivity contribution >= 4 is 46.9 Å². The summed E-state index contributed by atoms with van der Waals surface area (Å²) in [7, 11) is -24.9. The molecule has 0 radical (unpaired) electrons. The maximum Gasteiger partial charge on any atom is 0.470 e. The summed E-state index contributed by atoms with van der Waals surface area (Å²) < 4.78 is 191. The fourth-order valence-corrected chi connectivity index (χ4v) is 9.71. The van der Waals surface area contributed by atoms with Crippen LogP contribution in [0.15, 0.2) is 0 Å². The SMILES string of the molecule is CNCOCC(COP(=O)([O-])OCCOCCOCCOCCOCCOCCOP(=O)([O-])OCCOCCOCCOCCOCCOCCOP(=O)([O-])OC(COCNC)COP(=O)([O-])OCCOP(=O)([O-])OC(CO)COCNC)OP(=O)(O)O. The zero-order chi connectivity index (χ0) is 65.6. The Balaban J connectivity index is 3.81. The van der Waals surface area contributed by atoms with E-state index in [0.717, 1.165) is 0 Å². The van der Waals surface area contributed by atoms with E-state index in [4.69, 9.17) is 89.5 Å². The van der Waals surface area contributed by atoms with Crippen molar-refractivity contribution in [3.05, 3.63) is 0 Å². The van der Waals surface area contributed by atoms with Crippen LogP contribution in [0.5, 0.6) is 0 Å². The van der Waals surface area contributed by atoms with Crippen molar-refractivity contribution in [2.24, 2.45) is 0 Å². The number of ether oxygens (including phenoxy) is 13. The fourth-order valence-electron chi connectivity index (χ4n) is 5.39. The summed E-state index contributed by atoms with van der Waals surface area (Å²) in [4.78, 5) is 78.4. The quantitative estimate of drug-likeness (QED) is 0.0190. The van der Waals surface area contributed by atoms with Crippen molar-refractivity contribution in [3.8, 4) is 0 Å². The number of aliphatic hydroxyl groups is 1. The summed E-state index contributed by atoms with van der Waals surface area (Å²) in [5.74, 6) is 0. The van der Waals surface area contributed by atoms with Crippen molar-refractivity contribution in [2.45, 2.75) is 18.3 Å². The molecule has 0 aromatic carbocycles. The maximum atomic E-state index is 12.4. The molecule has 0 aromatic rings. The van der Waals surface area contributed by atoms with Gasteiger partial charge in [0.15, 0.2) is 0 Å². The van der Waals surface area contributed by atoms with Gasteiger partial charge in [-0.25, -0.2) is 4.57 Å². The molecule has 0 saturated heterocycles. The first-order valence-corrected chi connectivity index (χ1v) is 35.6. The van der Waals surface area contributed by atoms with Gasteiger partial charge in [0.2, 0.25) is 0 Å². The molecule has 0 aliphatic rings. The molecular weight excluding hydrogens is 1330 g/mol. The van der Waals surface area contributed by atoms with Gasteiger partial charge in [0.1, 0.15) is 18.3 Å². The summed E-state index contributed by atoms with van der Waals surface area (Å²) in [5, 5.41) is 17.2. The normalized spacial score (nSPS) is 16.8. The predicted molar refractivity (Wildman–Crippen MR) is 287 cm³/mol. The standard InChI is InChI=1S/C41H93N3O38P6/c1-42-36-69-31-39(30-45)81-87(55,56)77-29-28-75-86(53,54)79-35-41(33-71-38-44-3)82-88(57,58)76-27-23-68-19-15-64-11-7-60-5-9-62-13-17-66-21-25-73-84(49,50)72-24-20-65-16-12-61-8-4-59-6-10-63-14-18-67-22-26-74-85(51,52)78-34-40(32-70-37-43-2)80-83(46,47)48/h39-45H,4-38H2,1-3H3,(H,49,50)(H,51,52)(H,53,54)(H,55,56)(H,57,58)(H2,46,47,48)/p-5. The second-order valence-corrected chi connectivity index (χ2v) is 24.6. The minimum atomic E-state index is -5.16. The van der Waals surface area contributed by atoms with Crippen LogP contribution in [0.4, 0.5) is 0 Å². The molecule has 0 spiro atoms. The molecule has 8 atom stereocenters. The molecule has 0 fully saturated rings. The highest BCUT2D eigenvalue weighted by molar-refractivity contribution is 7.47. The predicted octanol–water partition coefficient (Wildman–Crippen LogP) is -4.55. The lowest BCUT2D eigenvalue weighted by Gasteiger charge is -2.30. The lowest BCUT2D eigenvalue weighted by Crippen LogP contribution is -2.30. The summed E-state index contributed by atoms with van der Waals surface area (Å²) in [6.07, 6.45) is -4.21. The van der Waals surface area contributed by atoms with Gasteiger partial charge >= 0.3 is 7.82 Å². The first kappa shape index (κ1) is 88.0. The number of hydrogen-bond acceptors (Lipinski definition) is 39. The smallest absolute Gasteiger partial charge is 0.470 e. The molecule has 0 rings (SSSR count). The topological polar surface area (TPSA) is 536 Å². The van der Waals surface area contributed by atoms with Gasteiger partial charge in [-0.3, -0.25) is 43.3 Å². The van der Waals surface area contributed by atoms with Gasteiger partial charge in [0, 0.05) is 0 Å². The first-order chi connectivity index (χ1) is 41.9. The van der Waals surface area contributed by atoms with Crippen LogP contribution in [0.25, 0.3) is 0 Å². The molecule has 0 heterocycles. The van der Waals surface area contributed by atoms with Crippen molar-refractivity contribution in [1.82, 2.24) is 16.0 Å². The summed E-state index contributed by atoms with van der Waals surface area (Å²) in [6.45, 7) is -3.89. The molecule has 47 heteroatoms. The second kappa shape index (κ2) is 56.2. The number of rotatable bonds is 70. The minimum Gasteiger partial charge on any atom is -0.756 e. The van der Waals surface area contributed by atoms with Crippen LogP contribution in [0.1, 0.15) is 0 Å². The van der Waals surface area contributed by atoms with Crippen LogP contribution in [-0.4, -0.2) is 286 Å². The Hall–Kier alpha value is -0.0200. The monoisotopic (exact) mass is 1420 g/mol. The van der Waals surface area contributed by atoms with E-state index >= 15 is 0 Å².